The molecular formula is C13H20N2O2. The maximum atomic E-state index is 12.0. The SMILES string of the molecule is Cc1ccc(NC(=O)C2CCC(CN)CC2)o1. The van der Waals surface area contributed by atoms with Gasteiger partial charge in [0.2, 0.25) is 5.91 Å². The largest absolute Gasteiger partial charge is 0.446 e. The number of carbonyl (C=O) groups excluding carboxylic acids is 1. The normalized spacial score (nSPS) is 24.6. The number of hydrogen-bond donors (Lipinski definition) is 2. The molecule has 0 saturated heterocycles. The van der Waals surface area contributed by atoms with E-state index >= 15 is 0 Å². The molecule has 1 heterocycles. The molecule has 1 aliphatic rings. The van der Waals surface area contributed by atoms with Crippen LogP contribution in [0.25, 0.3) is 0 Å². The number of nitrogens with one attached hydrogen (secondary N) is 1. The van der Waals surface area contributed by atoms with E-state index in [9.17, 15) is 4.79 Å². The summed E-state index contributed by atoms with van der Waals surface area (Å²) < 4.78 is 5.34. The van der Waals surface area contributed by atoms with Gasteiger partial charge in [-0.3, -0.25) is 10.1 Å². The quantitative estimate of drug-likeness (QED) is 0.846. The lowest BCUT2D eigenvalue weighted by Gasteiger charge is -2.26. The lowest BCUT2D eigenvalue weighted by atomic mass is 9.81. The van der Waals surface area contributed by atoms with Crippen molar-refractivity contribution in [2.24, 2.45) is 17.6 Å². The summed E-state index contributed by atoms with van der Waals surface area (Å²) in [5.74, 6) is 2.16. The van der Waals surface area contributed by atoms with Crippen molar-refractivity contribution >= 4 is 11.8 Å². The zero-order chi connectivity index (χ0) is 12.3. The third kappa shape index (κ3) is 3.09. The van der Waals surface area contributed by atoms with Crippen LogP contribution in [-0.4, -0.2) is 12.5 Å². The van der Waals surface area contributed by atoms with Crippen molar-refractivity contribution in [3.63, 3.8) is 0 Å². The van der Waals surface area contributed by atoms with E-state index in [0.717, 1.165) is 38.0 Å². The molecule has 0 aromatic carbocycles. The third-order valence-electron chi connectivity index (χ3n) is 3.54. The smallest absolute Gasteiger partial charge is 0.229 e. The van der Waals surface area contributed by atoms with Crippen LogP contribution in [0.5, 0.6) is 0 Å². The summed E-state index contributed by atoms with van der Waals surface area (Å²) in [6.07, 6.45) is 4.00. The fourth-order valence-electron chi connectivity index (χ4n) is 2.39. The summed E-state index contributed by atoms with van der Waals surface area (Å²) >= 11 is 0. The van der Waals surface area contributed by atoms with E-state index < -0.39 is 0 Å². The van der Waals surface area contributed by atoms with Crippen LogP contribution in [-0.2, 0) is 4.79 Å². The van der Waals surface area contributed by atoms with Crippen molar-refractivity contribution in [2.75, 3.05) is 11.9 Å². The molecule has 1 aromatic heterocycles. The molecule has 0 radical (unpaired) electrons. The molecule has 4 heteroatoms. The number of nitrogens with two attached hydrogens (primary N) is 1. The van der Waals surface area contributed by atoms with E-state index in [4.69, 9.17) is 10.2 Å². The fraction of sp³-hybridized carbons (Fsp3) is 0.615. The van der Waals surface area contributed by atoms with Crippen LogP contribution in [0.3, 0.4) is 0 Å². The maximum absolute atomic E-state index is 12.0. The third-order valence-corrected chi connectivity index (χ3v) is 3.54. The summed E-state index contributed by atoms with van der Waals surface area (Å²) in [5, 5.41) is 2.83. The van der Waals surface area contributed by atoms with Crippen molar-refractivity contribution in [3.8, 4) is 0 Å². The van der Waals surface area contributed by atoms with Crippen LogP contribution in [0.4, 0.5) is 5.88 Å². The number of furan rings is 1. The molecule has 1 aliphatic carbocycles. The number of rotatable bonds is 3. The molecule has 3 N–H and O–H groups in total. The summed E-state index contributed by atoms with van der Waals surface area (Å²) in [5.41, 5.74) is 5.64. The van der Waals surface area contributed by atoms with E-state index in [0.29, 0.717) is 11.8 Å². The van der Waals surface area contributed by atoms with E-state index in [1.807, 2.05) is 13.0 Å². The Hall–Kier alpha value is -1.29. The molecule has 0 unspecified atom stereocenters. The second kappa shape index (κ2) is 5.36. The van der Waals surface area contributed by atoms with Gasteiger partial charge >= 0.3 is 0 Å². The summed E-state index contributed by atoms with van der Waals surface area (Å²) in [6.45, 7) is 2.60. The Bertz CT molecular complexity index is 379. The van der Waals surface area contributed by atoms with Gasteiger partial charge in [0.15, 0.2) is 5.88 Å². The van der Waals surface area contributed by atoms with Gasteiger partial charge in [0.1, 0.15) is 5.76 Å². The molecule has 17 heavy (non-hydrogen) atoms. The monoisotopic (exact) mass is 236 g/mol. The van der Waals surface area contributed by atoms with Crippen LogP contribution in [0.15, 0.2) is 16.5 Å². The minimum atomic E-state index is 0.0785. The lowest BCUT2D eigenvalue weighted by molar-refractivity contribution is -0.121. The Balaban J connectivity index is 1.85. The topological polar surface area (TPSA) is 68.3 Å². The minimum absolute atomic E-state index is 0.0785. The first-order valence-corrected chi connectivity index (χ1v) is 6.26. The Labute approximate surface area is 102 Å². The summed E-state index contributed by atoms with van der Waals surface area (Å²) in [7, 11) is 0. The van der Waals surface area contributed by atoms with E-state index in [-0.39, 0.29) is 11.8 Å². The van der Waals surface area contributed by atoms with Gasteiger partial charge in [-0.15, -0.1) is 0 Å². The highest BCUT2D eigenvalue weighted by molar-refractivity contribution is 5.91. The van der Waals surface area contributed by atoms with Crippen molar-refractivity contribution in [3.05, 3.63) is 17.9 Å². The highest BCUT2D eigenvalue weighted by atomic mass is 16.4. The predicted octanol–water partition coefficient (Wildman–Crippen LogP) is 2.29. The van der Waals surface area contributed by atoms with Gasteiger partial charge in [-0.1, -0.05) is 0 Å². The Kier molecular flexibility index (Phi) is 3.84. The van der Waals surface area contributed by atoms with Gasteiger partial charge in [0.25, 0.3) is 0 Å². The number of anilines is 1. The highest BCUT2D eigenvalue weighted by Crippen LogP contribution is 2.29. The van der Waals surface area contributed by atoms with Gasteiger partial charge in [-0.2, -0.15) is 0 Å². The van der Waals surface area contributed by atoms with Crippen molar-refractivity contribution in [1.82, 2.24) is 0 Å². The number of hydrogen-bond acceptors (Lipinski definition) is 3. The molecule has 4 nitrogen and oxygen atoms in total. The van der Waals surface area contributed by atoms with Gasteiger partial charge in [0.05, 0.1) is 0 Å². The van der Waals surface area contributed by atoms with Crippen LogP contribution >= 0.6 is 0 Å². The van der Waals surface area contributed by atoms with E-state index in [2.05, 4.69) is 5.32 Å². The van der Waals surface area contributed by atoms with Gasteiger partial charge in [-0.05, 0) is 51.1 Å². The van der Waals surface area contributed by atoms with E-state index in [1.54, 1.807) is 6.07 Å². The molecule has 0 atom stereocenters. The predicted molar refractivity (Wildman–Crippen MR) is 66.6 cm³/mol. The molecule has 2 rings (SSSR count). The average molecular weight is 236 g/mol. The Morgan fingerprint density at radius 2 is 2.12 bits per heavy atom. The number of amides is 1. The molecule has 0 aliphatic heterocycles. The standard InChI is InChI=1S/C13H20N2O2/c1-9-2-7-12(17-9)15-13(16)11-5-3-10(8-14)4-6-11/h2,7,10-11H,3-6,8,14H2,1H3,(H,15,16). The maximum Gasteiger partial charge on any atom is 0.229 e. The van der Waals surface area contributed by atoms with Crippen molar-refractivity contribution < 1.29 is 9.21 Å². The first kappa shape index (κ1) is 12.2. The number of aryl methyl sites for hydroxylation is 1. The minimum Gasteiger partial charge on any atom is -0.446 e. The second-order valence-electron chi connectivity index (χ2n) is 4.85. The summed E-state index contributed by atoms with van der Waals surface area (Å²) in [4.78, 5) is 12.0. The molecule has 94 valence electrons. The molecule has 1 amide bonds. The first-order valence-electron chi connectivity index (χ1n) is 6.26. The molecule has 0 bridgehead atoms. The molecule has 1 aromatic rings. The Morgan fingerprint density at radius 3 is 2.65 bits per heavy atom. The van der Waals surface area contributed by atoms with Gasteiger partial charge < -0.3 is 10.2 Å². The lowest BCUT2D eigenvalue weighted by Crippen LogP contribution is -2.29. The van der Waals surface area contributed by atoms with Crippen LogP contribution in [0.2, 0.25) is 0 Å². The van der Waals surface area contributed by atoms with Crippen molar-refractivity contribution in [1.29, 1.82) is 0 Å². The molecule has 1 fully saturated rings. The van der Waals surface area contributed by atoms with Crippen LogP contribution < -0.4 is 11.1 Å². The summed E-state index contributed by atoms with van der Waals surface area (Å²) in [6, 6.07) is 3.64. The van der Waals surface area contributed by atoms with E-state index in [1.165, 1.54) is 0 Å². The van der Waals surface area contributed by atoms with Crippen LogP contribution in [0, 0.1) is 18.8 Å². The highest BCUT2D eigenvalue weighted by Gasteiger charge is 2.25. The van der Waals surface area contributed by atoms with Gasteiger partial charge in [-0.25, -0.2) is 0 Å². The van der Waals surface area contributed by atoms with Crippen molar-refractivity contribution in [2.45, 2.75) is 32.6 Å². The first-order chi connectivity index (χ1) is 8.19. The average Bonchev–Trinajstić information content (AvgIpc) is 2.75. The zero-order valence-electron chi connectivity index (χ0n) is 10.2. The molecular weight excluding hydrogens is 216 g/mol. The fourth-order valence-corrected chi connectivity index (χ4v) is 2.39. The number of carbonyl (C=O) groups is 1. The van der Waals surface area contributed by atoms with Crippen LogP contribution in [0.1, 0.15) is 31.4 Å². The zero-order valence-corrected chi connectivity index (χ0v) is 10.2. The van der Waals surface area contributed by atoms with Gasteiger partial charge in [0, 0.05) is 12.0 Å². The molecule has 1 saturated carbocycles. The Morgan fingerprint density at radius 1 is 1.41 bits per heavy atom. The molecule has 0 spiro atoms. The second-order valence-corrected chi connectivity index (χ2v) is 4.85.